The first-order chi connectivity index (χ1) is 7.76. The van der Waals surface area contributed by atoms with E-state index >= 15 is 0 Å². The molecule has 0 amide bonds. The Morgan fingerprint density at radius 2 is 2.06 bits per heavy atom. The second-order valence-corrected chi connectivity index (χ2v) is 5.38. The second-order valence-electron chi connectivity index (χ2n) is 5.38. The predicted octanol–water partition coefficient (Wildman–Crippen LogP) is 3.62. The number of rotatable bonds is 2. The van der Waals surface area contributed by atoms with Crippen molar-refractivity contribution in [3.05, 3.63) is 24.3 Å². The summed E-state index contributed by atoms with van der Waals surface area (Å²) in [5.41, 5.74) is 0. The Hall–Kier alpha value is -0.850. The predicted molar refractivity (Wildman–Crippen MR) is 67.0 cm³/mol. The molecule has 1 fully saturated rings. The molecule has 5 unspecified atom stereocenters. The lowest BCUT2D eigenvalue weighted by molar-refractivity contribution is -0.115. The Labute approximate surface area is 98.6 Å². The number of hydrogen-bond donors (Lipinski definition) is 0. The van der Waals surface area contributed by atoms with Gasteiger partial charge in [-0.2, -0.15) is 0 Å². The molecule has 5 atom stereocenters. The molecule has 0 heterocycles. The summed E-state index contributed by atoms with van der Waals surface area (Å²) in [5, 5.41) is 0. The highest BCUT2D eigenvalue weighted by Gasteiger charge is 2.37. The van der Waals surface area contributed by atoms with E-state index in [9.17, 15) is 4.79 Å². The fourth-order valence-electron chi connectivity index (χ4n) is 3.47. The molecule has 0 aromatic rings. The zero-order chi connectivity index (χ0) is 11.5. The molecule has 0 spiro atoms. The third kappa shape index (κ3) is 2.14. The van der Waals surface area contributed by atoms with Crippen molar-refractivity contribution in [2.45, 2.75) is 33.1 Å². The minimum atomic E-state index is 0.265. The lowest BCUT2D eigenvalue weighted by atomic mass is 9.63. The van der Waals surface area contributed by atoms with Crippen LogP contribution in [0.15, 0.2) is 24.3 Å². The SMILES string of the molecule is CC=CC1CCC2C(C=CC(C)C2C=O)C1. The van der Waals surface area contributed by atoms with Gasteiger partial charge in [-0.3, -0.25) is 0 Å². The summed E-state index contributed by atoms with van der Waals surface area (Å²) in [6.07, 6.45) is 14.0. The van der Waals surface area contributed by atoms with Crippen molar-refractivity contribution in [1.82, 2.24) is 0 Å². The van der Waals surface area contributed by atoms with Crippen LogP contribution < -0.4 is 0 Å². The van der Waals surface area contributed by atoms with Crippen LogP contribution in [0.4, 0.5) is 0 Å². The van der Waals surface area contributed by atoms with E-state index in [1.165, 1.54) is 25.5 Å². The van der Waals surface area contributed by atoms with Crippen molar-refractivity contribution in [1.29, 1.82) is 0 Å². The van der Waals surface area contributed by atoms with Crippen LogP contribution in [0.1, 0.15) is 33.1 Å². The number of hydrogen-bond acceptors (Lipinski definition) is 1. The number of fused-ring (bicyclic) bond motifs is 1. The van der Waals surface area contributed by atoms with Crippen LogP contribution in [0.3, 0.4) is 0 Å². The van der Waals surface area contributed by atoms with Gasteiger partial charge in [0.15, 0.2) is 0 Å². The summed E-state index contributed by atoms with van der Waals surface area (Å²) in [7, 11) is 0. The maximum atomic E-state index is 11.2. The van der Waals surface area contributed by atoms with Crippen LogP contribution in [0, 0.1) is 29.6 Å². The van der Waals surface area contributed by atoms with Crippen molar-refractivity contribution in [2.75, 3.05) is 0 Å². The molecule has 16 heavy (non-hydrogen) atoms. The van der Waals surface area contributed by atoms with Crippen molar-refractivity contribution < 1.29 is 4.79 Å². The minimum Gasteiger partial charge on any atom is -0.303 e. The van der Waals surface area contributed by atoms with Crippen molar-refractivity contribution >= 4 is 6.29 Å². The summed E-state index contributed by atoms with van der Waals surface area (Å²) in [6.45, 7) is 4.27. The molecule has 2 rings (SSSR count). The molecule has 2 aliphatic carbocycles. The zero-order valence-electron chi connectivity index (χ0n) is 10.3. The van der Waals surface area contributed by atoms with Gasteiger partial charge in [-0.1, -0.05) is 31.2 Å². The number of carbonyl (C=O) groups excluding carboxylic acids is 1. The highest BCUT2D eigenvalue weighted by molar-refractivity contribution is 5.56. The fourth-order valence-corrected chi connectivity index (χ4v) is 3.47. The van der Waals surface area contributed by atoms with Crippen LogP contribution in [-0.4, -0.2) is 6.29 Å². The van der Waals surface area contributed by atoms with Crippen LogP contribution in [0.5, 0.6) is 0 Å². The van der Waals surface area contributed by atoms with Gasteiger partial charge in [0.1, 0.15) is 6.29 Å². The van der Waals surface area contributed by atoms with Crippen LogP contribution in [0.25, 0.3) is 0 Å². The molecule has 0 saturated heterocycles. The van der Waals surface area contributed by atoms with E-state index in [-0.39, 0.29) is 5.92 Å². The second kappa shape index (κ2) is 4.99. The van der Waals surface area contributed by atoms with Gasteiger partial charge in [-0.05, 0) is 49.9 Å². The maximum Gasteiger partial charge on any atom is 0.123 e. The van der Waals surface area contributed by atoms with Crippen LogP contribution in [0.2, 0.25) is 0 Å². The summed E-state index contributed by atoms with van der Waals surface area (Å²) >= 11 is 0. The molecular formula is C15H22O. The molecule has 0 bridgehead atoms. The average molecular weight is 218 g/mol. The summed E-state index contributed by atoms with van der Waals surface area (Å²) in [5.74, 6) is 2.69. The van der Waals surface area contributed by atoms with Gasteiger partial charge in [-0.25, -0.2) is 0 Å². The van der Waals surface area contributed by atoms with Gasteiger partial charge in [0, 0.05) is 5.92 Å². The molecule has 0 aliphatic heterocycles. The quantitative estimate of drug-likeness (QED) is 0.511. The molecule has 88 valence electrons. The van der Waals surface area contributed by atoms with E-state index in [2.05, 4.69) is 38.2 Å². The molecule has 0 aromatic carbocycles. The van der Waals surface area contributed by atoms with Gasteiger partial charge in [0.25, 0.3) is 0 Å². The monoisotopic (exact) mass is 218 g/mol. The first-order valence-corrected chi connectivity index (χ1v) is 6.52. The lowest BCUT2D eigenvalue weighted by Crippen LogP contribution is -2.35. The third-order valence-electron chi connectivity index (χ3n) is 4.38. The van der Waals surface area contributed by atoms with Gasteiger partial charge >= 0.3 is 0 Å². The van der Waals surface area contributed by atoms with E-state index < -0.39 is 0 Å². The lowest BCUT2D eigenvalue weighted by Gasteiger charge is -2.41. The third-order valence-corrected chi connectivity index (χ3v) is 4.38. The number of allylic oxidation sites excluding steroid dienone is 4. The molecule has 0 radical (unpaired) electrons. The number of aldehydes is 1. The van der Waals surface area contributed by atoms with Crippen molar-refractivity contribution in [2.24, 2.45) is 29.6 Å². The van der Waals surface area contributed by atoms with E-state index in [1.807, 2.05) is 0 Å². The van der Waals surface area contributed by atoms with Crippen LogP contribution >= 0.6 is 0 Å². The molecule has 1 saturated carbocycles. The molecular weight excluding hydrogens is 196 g/mol. The first kappa shape index (κ1) is 11.6. The van der Waals surface area contributed by atoms with E-state index in [0.717, 1.165) is 5.92 Å². The minimum absolute atomic E-state index is 0.265. The Bertz CT molecular complexity index is 303. The van der Waals surface area contributed by atoms with E-state index in [1.54, 1.807) is 0 Å². The summed E-state index contributed by atoms with van der Waals surface area (Å²) in [4.78, 5) is 11.2. The van der Waals surface area contributed by atoms with Gasteiger partial charge in [-0.15, -0.1) is 0 Å². The van der Waals surface area contributed by atoms with Crippen molar-refractivity contribution in [3.63, 3.8) is 0 Å². The normalized spacial score (nSPS) is 43.2. The Morgan fingerprint density at radius 1 is 1.25 bits per heavy atom. The van der Waals surface area contributed by atoms with Gasteiger partial charge in [0.2, 0.25) is 0 Å². The Morgan fingerprint density at radius 3 is 2.75 bits per heavy atom. The molecule has 2 aliphatic rings. The maximum absolute atomic E-state index is 11.2. The standard InChI is InChI=1S/C15H22O/c1-3-4-12-6-8-14-13(9-12)7-5-11(2)15(14)10-16/h3-5,7,10-15H,6,8-9H2,1-2H3. The average Bonchev–Trinajstić information content (AvgIpc) is 2.30. The largest absolute Gasteiger partial charge is 0.303 e. The smallest absolute Gasteiger partial charge is 0.123 e. The topological polar surface area (TPSA) is 17.1 Å². The Kier molecular flexibility index (Phi) is 3.63. The molecule has 1 nitrogen and oxygen atoms in total. The van der Waals surface area contributed by atoms with Gasteiger partial charge < -0.3 is 4.79 Å². The van der Waals surface area contributed by atoms with Crippen LogP contribution in [-0.2, 0) is 4.79 Å². The summed E-state index contributed by atoms with van der Waals surface area (Å²) in [6, 6.07) is 0. The first-order valence-electron chi connectivity index (χ1n) is 6.52. The summed E-state index contributed by atoms with van der Waals surface area (Å²) < 4.78 is 0. The molecule has 0 N–H and O–H groups in total. The fraction of sp³-hybridized carbons (Fsp3) is 0.667. The molecule has 1 heteroatoms. The zero-order valence-corrected chi connectivity index (χ0v) is 10.3. The number of carbonyl (C=O) groups is 1. The highest BCUT2D eigenvalue weighted by atomic mass is 16.1. The Balaban J connectivity index is 2.10. The van der Waals surface area contributed by atoms with Crippen molar-refractivity contribution in [3.8, 4) is 0 Å². The van der Waals surface area contributed by atoms with E-state index in [4.69, 9.17) is 0 Å². The van der Waals surface area contributed by atoms with E-state index in [0.29, 0.717) is 17.8 Å². The highest BCUT2D eigenvalue weighted by Crippen LogP contribution is 2.44. The van der Waals surface area contributed by atoms with Gasteiger partial charge in [0.05, 0.1) is 0 Å². The molecule has 0 aromatic heterocycles.